The maximum Gasteiger partial charge on any atom is 0.243 e. The number of nitrogens with zero attached hydrogens (tertiary/aromatic N) is 1. The van der Waals surface area contributed by atoms with E-state index in [9.17, 15) is 8.42 Å². The van der Waals surface area contributed by atoms with Crippen LogP contribution in [0.4, 0.5) is 0 Å². The van der Waals surface area contributed by atoms with Gasteiger partial charge >= 0.3 is 0 Å². The molecule has 2 aliphatic rings. The summed E-state index contributed by atoms with van der Waals surface area (Å²) in [6.45, 7) is 1.56. The number of rotatable bonds is 2. The predicted octanol–water partition coefficient (Wildman–Crippen LogP) is 0.343. The minimum absolute atomic E-state index is 0.0439. The van der Waals surface area contributed by atoms with Crippen molar-refractivity contribution >= 4 is 10.0 Å². The van der Waals surface area contributed by atoms with Gasteiger partial charge in [0.05, 0.1) is 11.5 Å². The molecule has 0 radical (unpaired) electrons. The van der Waals surface area contributed by atoms with E-state index < -0.39 is 10.0 Å². The maximum atomic E-state index is 12.4. The lowest BCUT2D eigenvalue weighted by atomic mass is 10.2. The van der Waals surface area contributed by atoms with Crippen LogP contribution in [0.1, 0.15) is 12.0 Å². The number of nitrogens with two attached hydrogens (primary N) is 1. The molecule has 0 aromatic heterocycles. The third-order valence-electron chi connectivity index (χ3n) is 3.49. The Hall–Kier alpha value is -1.11. The summed E-state index contributed by atoms with van der Waals surface area (Å²) in [6, 6.07) is 5.04. The van der Waals surface area contributed by atoms with Gasteiger partial charge in [-0.2, -0.15) is 4.31 Å². The normalized spacial score (nSPS) is 23.9. The average molecular weight is 268 g/mol. The van der Waals surface area contributed by atoms with Crippen LogP contribution >= 0.6 is 0 Å². The highest BCUT2D eigenvalue weighted by atomic mass is 32.2. The number of benzene rings is 1. The van der Waals surface area contributed by atoms with E-state index in [1.165, 1.54) is 4.31 Å². The van der Waals surface area contributed by atoms with Gasteiger partial charge in [0.15, 0.2) is 0 Å². The first kappa shape index (κ1) is 12.0. The zero-order valence-electron chi connectivity index (χ0n) is 10.0. The number of sulfonamides is 1. The molecule has 1 fully saturated rings. The van der Waals surface area contributed by atoms with E-state index in [2.05, 4.69) is 0 Å². The predicted molar refractivity (Wildman–Crippen MR) is 67.0 cm³/mol. The maximum absolute atomic E-state index is 12.4. The Morgan fingerprint density at radius 1 is 1.39 bits per heavy atom. The molecule has 1 atom stereocenters. The molecule has 1 aromatic rings. The molecule has 0 saturated carbocycles. The highest BCUT2D eigenvalue weighted by molar-refractivity contribution is 7.89. The van der Waals surface area contributed by atoms with E-state index in [1.54, 1.807) is 18.2 Å². The van der Waals surface area contributed by atoms with Crippen molar-refractivity contribution in [3.63, 3.8) is 0 Å². The van der Waals surface area contributed by atoms with E-state index in [0.29, 0.717) is 24.6 Å². The Morgan fingerprint density at radius 3 is 2.94 bits per heavy atom. The molecule has 3 rings (SSSR count). The molecule has 5 nitrogen and oxygen atoms in total. The Labute approximate surface area is 107 Å². The second-order valence-electron chi connectivity index (χ2n) is 4.78. The molecule has 0 amide bonds. The SMILES string of the molecule is N[C@@H]1CCN(S(=O)(=O)c2ccc3c(c2)CCO3)C1. The fraction of sp³-hybridized carbons (Fsp3) is 0.500. The molecular weight excluding hydrogens is 252 g/mol. The molecule has 2 N–H and O–H groups in total. The summed E-state index contributed by atoms with van der Waals surface area (Å²) in [5, 5.41) is 0. The summed E-state index contributed by atoms with van der Waals surface area (Å²) in [7, 11) is -3.40. The minimum Gasteiger partial charge on any atom is -0.493 e. The van der Waals surface area contributed by atoms with Gasteiger partial charge in [-0.3, -0.25) is 0 Å². The number of hydrogen-bond acceptors (Lipinski definition) is 4. The Kier molecular flexibility index (Phi) is 2.80. The Bertz CT molecular complexity index is 571. The molecule has 0 spiro atoms. The quantitative estimate of drug-likeness (QED) is 0.839. The molecule has 98 valence electrons. The molecule has 0 unspecified atom stereocenters. The van der Waals surface area contributed by atoms with Crippen molar-refractivity contribution in [1.29, 1.82) is 0 Å². The van der Waals surface area contributed by atoms with Gasteiger partial charge in [-0.1, -0.05) is 0 Å². The van der Waals surface area contributed by atoms with E-state index in [4.69, 9.17) is 10.5 Å². The first-order chi connectivity index (χ1) is 8.57. The second-order valence-corrected chi connectivity index (χ2v) is 6.72. The smallest absolute Gasteiger partial charge is 0.243 e. The Morgan fingerprint density at radius 2 is 2.22 bits per heavy atom. The first-order valence-corrected chi connectivity index (χ1v) is 7.53. The standard InChI is InChI=1S/C12H16N2O3S/c13-10-3-5-14(8-10)18(15,16)11-1-2-12-9(7-11)4-6-17-12/h1-2,7,10H,3-6,8,13H2/t10-/m1/s1. The van der Waals surface area contributed by atoms with Crippen molar-refractivity contribution < 1.29 is 13.2 Å². The molecular formula is C12H16N2O3S. The van der Waals surface area contributed by atoms with E-state index in [-0.39, 0.29) is 6.04 Å². The molecule has 2 aliphatic heterocycles. The first-order valence-electron chi connectivity index (χ1n) is 6.09. The van der Waals surface area contributed by atoms with Gasteiger partial charge in [-0.25, -0.2) is 8.42 Å². The average Bonchev–Trinajstić information content (AvgIpc) is 2.96. The zero-order chi connectivity index (χ0) is 12.8. The molecule has 0 bridgehead atoms. The zero-order valence-corrected chi connectivity index (χ0v) is 10.8. The summed E-state index contributed by atoms with van der Waals surface area (Å²) >= 11 is 0. The van der Waals surface area contributed by atoms with Crippen molar-refractivity contribution in [3.05, 3.63) is 23.8 Å². The van der Waals surface area contributed by atoms with Gasteiger partial charge in [-0.05, 0) is 30.2 Å². The van der Waals surface area contributed by atoms with Crippen molar-refractivity contribution in [3.8, 4) is 5.75 Å². The lowest BCUT2D eigenvalue weighted by Gasteiger charge is -2.16. The summed E-state index contributed by atoms with van der Waals surface area (Å²) in [5.41, 5.74) is 6.74. The number of fused-ring (bicyclic) bond motifs is 1. The van der Waals surface area contributed by atoms with Gasteiger partial charge < -0.3 is 10.5 Å². The van der Waals surface area contributed by atoms with Crippen molar-refractivity contribution in [2.45, 2.75) is 23.8 Å². The fourth-order valence-corrected chi connectivity index (χ4v) is 4.01. The van der Waals surface area contributed by atoms with Crippen LogP contribution < -0.4 is 10.5 Å². The highest BCUT2D eigenvalue weighted by Gasteiger charge is 2.31. The minimum atomic E-state index is -3.40. The third-order valence-corrected chi connectivity index (χ3v) is 5.35. The summed E-state index contributed by atoms with van der Waals surface area (Å²) in [4.78, 5) is 0.348. The van der Waals surface area contributed by atoms with Crippen LogP contribution in [0.25, 0.3) is 0 Å². The lowest BCUT2D eigenvalue weighted by molar-refractivity contribution is 0.356. The molecule has 0 aliphatic carbocycles. The van der Waals surface area contributed by atoms with Crippen molar-refractivity contribution in [2.75, 3.05) is 19.7 Å². The van der Waals surface area contributed by atoms with E-state index in [0.717, 1.165) is 24.2 Å². The van der Waals surface area contributed by atoms with Crippen LogP contribution in [-0.4, -0.2) is 38.5 Å². The monoisotopic (exact) mass is 268 g/mol. The molecule has 6 heteroatoms. The molecule has 2 heterocycles. The molecule has 18 heavy (non-hydrogen) atoms. The van der Waals surface area contributed by atoms with Crippen molar-refractivity contribution in [2.24, 2.45) is 5.73 Å². The van der Waals surface area contributed by atoms with Crippen LogP contribution in [0.15, 0.2) is 23.1 Å². The van der Waals surface area contributed by atoms with Gasteiger partial charge in [0.1, 0.15) is 5.75 Å². The van der Waals surface area contributed by atoms with E-state index >= 15 is 0 Å². The van der Waals surface area contributed by atoms with Gasteiger partial charge in [0.2, 0.25) is 10.0 Å². The second kappa shape index (κ2) is 4.22. The van der Waals surface area contributed by atoms with Gasteiger partial charge in [0, 0.05) is 25.6 Å². The topological polar surface area (TPSA) is 72.6 Å². The summed E-state index contributed by atoms with van der Waals surface area (Å²) in [5.74, 6) is 0.798. The fourth-order valence-electron chi connectivity index (χ4n) is 2.44. The van der Waals surface area contributed by atoms with Crippen LogP contribution in [0, 0.1) is 0 Å². The summed E-state index contributed by atoms with van der Waals surface area (Å²) < 4.78 is 31.7. The molecule has 1 saturated heterocycles. The highest BCUT2D eigenvalue weighted by Crippen LogP contribution is 2.29. The largest absolute Gasteiger partial charge is 0.493 e. The Balaban J connectivity index is 1.94. The van der Waals surface area contributed by atoms with Crippen LogP contribution in [0.3, 0.4) is 0 Å². The third kappa shape index (κ3) is 1.90. The number of ether oxygens (including phenoxy) is 1. The number of hydrogen-bond donors (Lipinski definition) is 1. The van der Waals surface area contributed by atoms with Gasteiger partial charge in [-0.15, -0.1) is 0 Å². The lowest BCUT2D eigenvalue weighted by Crippen LogP contribution is -2.32. The van der Waals surface area contributed by atoms with Crippen molar-refractivity contribution in [1.82, 2.24) is 4.31 Å². The van der Waals surface area contributed by atoms with Gasteiger partial charge in [0.25, 0.3) is 0 Å². The summed E-state index contributed by atoms with van der Waals surface area (Å²) in [6.07, 6.45) is 1.51. The van der Waals surface area contributed by atoms with Crippen LogP contribution in [0.5, 0.6) is 5.75 Å². The van der Waals surface area contributed by atoms with Crippen LogP contribution in [0.2, 0.25) is 0 Å². The van der Waals surface area contributed by atoms with Crippen LogP contribution in [-0.2, 0) is 16.4 Å². The molecule has 1 aromatic carbocycles. The van der Waals surface area contributed by atoms with E-state index in [1.807, 2.05) is 0 Å².